The highest BCUT2D eigenvalue weighted by Gasteiger charge is 2.14. The van der Waals surface area contributed by atoms with Crippen LogP contribution >= 0.6 is 15.9 Å². The number of nitrogens with zero attached hydrogens (tertiary/aromatic N) is 1. The molecule has 18 heavy (non-hydrogen) atoms. The van der Waals surface area contributed by atoms with Crippen LogP contribution in [0, 0.1) is 11.6 Å². The van der Waals surface area contributed by atoms with Crippen LogP contribution in [0.1, 0.15) is 18.5 Å². The lowest BCUT2D eigenvalue weighted by molar-refractivity contribution is 0.494. The minimum absolute atomic E-state index is 0.287. The van der Waals surface area contributed by atoms with Gasteiger partial charge in [0, 0.05) is 16.2 Å². The molecule has 0 aliphatic heterocycles. The Labute approximate surface area is 112 Å². The predicted molar refractivity (Wildman–Crippen MR) is 70.3 cm³/mol. The molecule has 0 fully saturated rings. The van der Waals surface area contributed by atoms with Crippen molar-refractivity contribution in [2.75, 3.05) is 5.32 Å². The molecule has 2 nitrogen and oxygen atoms in total. The lowest BCUT2D eigenvalue weighted by atomic mass is 10.1. The first-order chi connectivity index (χ1) is 8.58. The summed E-state index contributed by atoms with van der Waals surface area (Å²) in [6.45, 7) is 1.76. The Bertz CT molecular complexity index is 560. The molecule has 1 heterocycles. The van der Waals surface area contributed by atoms with Crippen molar-refractivity contribution >= 4 is 21.6 Å². The molecule has 1 unspecified atom stereocenters. The van der Waals surface area contributed by atoms with Gasteiger partial charge < -0.3 is 5.32 Å². The molecule has 1 N–H and O–H groups in total. The molecule has 94 valence electrons. The summed E-state index contributed by atoms with van der Waals surface area (Å²) in [5, 5.41) is 3.07. The monoisotopic (exact) mass is 312 g/mol. The maximum Gasteiger partial charge on any atom is 0.164 e. The number of aromatic nitrogens is 1. The summed E-state index contributed by atoms with van der Waals surface area (Å²) in [6.07, 6.45) is 3.27. The van der Waals surface area contributed by atoms with Crippen LogP contribution in [-0.2, 0) is 0 Å². The van der Waals surface area contributed by atoms with E-state index in [-0.39, 0.29) is 11.6 Å². The number of benzene rings is 1. The van der Waals surface area contributed by atoms with E-state index < -0.39 is 11.6 Å². The fourth-order valence-corrected chi connectivity index (χ4v) is 2.04. The number of anilines is 1. The minimum Gasteiger partial charge on any atom is -0.377 e. The largest absolute Gasteiger partial charge is 0.377 e. The van der Waals surface area contributed by atoms with Crippen molar-refractivity contribution in [3.05, 3.63) is 58.3 Å². The maximum absolute atomic E-state index is 13.6. The molecule has 0 aliphatic rings. The maximum atomic E-state index is 13.6. The first-order valence-electron chi connectivity index (χ1n) is 5.39. The zero-order chi connectivity index (χ0) is 13.1. The molecule has 1 aromatic heterocycles. The minimum atomic E-state index is -0.839. The van der Waals surface area contributed by atoms with Gasteiger partial charge in [0.05, 0.1) is 17.9 Å². The van der Waals surface area contributed by atoms with Crippen molar-refractivity contribution in [2.24, 2.45) is 0 Å². The summed E-state index contributed by atoms with van der Waals surface area (Å²) >= 11 is 3.30. The van der Waals surface area contributed by atoms with Crippen LogP contribution < -0.4 is 5.32 Å². The third kappa shape index (κ3) is 2.85. The fourth-order valence-electron chi connectivity index (χ4n) is 1.67. The highest BCUT2D eigenvalue weighted by atomic mass is 79.9. The first-order valence-corrected chi connectivity index (χ1v) is 6.18. The summed E-state index contributed by atoms with van der Waals surface area (Å²) in [5.41, 5.74) is 1.02. The van der Waals surface area contributed by atoms with E-state index in [2.05, 4.69) is 26.2 Å². The highest BCUT2D eigenvalue weighted by Crippen LogP contribution is 2.23. The Kier molecular flexibility index (Phi) is 3.91. The highest BCUT2D eigenvalue weighted by molar-refractivity contribution is 9.10. The van der Waals surface area contributed by atoms with Gasteiger partial charge >= 0.3 is 0 Å². The Morgan fingerprint density at radius 2 is 2.06 bits per heavy atom. The van der Waals surface area contributed by atoms with Crippen molar-refractivity contribution in [1.29, 1.82) is 0 Å². The van der Waals surface area contributed by atoms with Crippen LogP contribution in [0.2, 0.25) is 0 Å². The van der Waals surface area contributed by atoms with Crippen molar-refractivity contribution in [1.82, 2.24) is 4.98 Å². The SMILES string of the molecule is CC(Nc1cncc(Br)c1)c1cccc(F)c1F. The average Bonchev–Trinajstić information content (AvgIpc) is 2.32. The van der Waals surface area contributed by atoms with Crippen LogP contribution in [0.5, 0.6) is 0 Å². The number of hydrogen-bond acceptors (Lipinski definition) is 2. The van der Waals surface area contributed by atoms with Crippen molar-refractivity contribution in [3.8, 4) is 0 Å². The second kappa shape index (κ2) is 5.44. The smallest absolute Gasteiger partial charge is 0.164 e. The van der Waals surface area contributed by atoms with Crippen LogP contribution in [0.4, 0.5) is 14.5 Å². The quantitative estimate of drug-likeness (QED) is 0.914. The summed E-state index contributed by atoms with van der Waals surface area (Å²) in [5.74, 6) is -1.66. The van der Waals surface area contributed by atoms with Gasteiger partial charge in [0.2, 0.25) is 0 Å². The molecular weight excluding hydrogens is 302 g/mol. The lowest BCUT2D eigenvalue weighted by Crippen LogP contribution is -2.09. The third-order valence-electron chi connectivity index (χ3n) is 2.54. The average molecular weight is 313 g/mol. The molecule has 0 spiro atoms. The number of halogens is 3. The molecule has 0 saturated carbocycles. The second-order valence-corrected chi connectivity index (χ2v) is 4.82. The Balaban J connectivity index is 2.22. The van der Waals surface area contributed by atoms with Gasteiger partial charge in [0.25, 0.3) is 0 Å². The number of rotatable bonds is 3. The topological polar surface area (TPSA) is 24.9 Å². The molecular formula is C13H11BrF2N2. The van der Waals surface area contributed by atoms with E-state index in [1.54, 1.807) is 25.4 Å². The van der Waals surface area contributed by atoms with Crippen LogP contribution in [0.15, 0.2) is 41.1 Å². The summed E-state index contributed by atoms with van der Waals surface area (Å²) in [6, 6.07) is 5.62. The van der Waals surface area contributed by atoms with Gasteiger partial charge in [-0.1, -0.05) is 12.1 Å². The van der Waals surface area contributed by atoms with E-state index in [1.807, 2.05) is 6.07 Å². The number of nitrogens with one attached hydrogen (secondary N) is 1. The Morgan fingerprint density at radius 1 is 1.28 bits per heavy atom. The van der Waals surface area contributed by atoms with E-state index in [0.29, 0.717) is 0 Å². The van der Waals surface area contributed by atoms with E-state index in [4.69, 9.17) is 0 Å². The zero-order valence-electron chi connectivity index (χ0n) is 9.62. The molecule has 0 amide bonds. The van der Waals surface area contributed by atoms with Gasteiger partial charge in [0.15, 0.2) is 11.6 Å². The lowest BCUT2D eigenvalue weighted by Gasteiger charge is -2.16. The number of pyridine rings is 1. The molecule has 2 rings (SSSR count). The Hall–Kier alpha value is -1.49. The van der Waals surface area contributed by atoms with Gasteiger partial charge in [-0.2, -0.15) is 0 Å². The fraction of sp³-hybridized carbons (Fsp3) is 0.154. The molecule has 5 heteroatoms. The first kappa shape index (κ1) is 13.0. The van der Waals surface area contributed by atoms with Crippen molar-refractivity contribution in [2.45, 2.75) is 13.0 Å². The van der Waals surface area contributed by atoms with Crippen molar-refractivity contribution < 1.29 is 8.78 Å². The van der Waals surface area contributed by atoms with Crippen LogP contribution in [-0.4, -0.2) is 4.98 Å². The van der Waals surface area contributed by atoms with Gasteiger partial charge in [-0.15, -0.1) is 0 Å². The van der Waals surface area contributed by atoms with Gasteiger partial charge in [-0.25, -0.2) is 8.78 Å². The van der Waals surface area contributed by atoms with Gasteiger partial charge in [-0.05, 0) is 35.0 Å². The molecule has 1 atom stereocenters. The number of hydrogen-bond donors (Lipinski definition) is 1. The standard InChI is InChI=1S/C13H11BrF2N2/c1-8(11-3-2-4-12(15)13(11)16)18-10-5-9(14)6-17-7-10/h2-8,18H,1H3. The second-order valence-electron chi connectivity index (χ2n) is 3.90. The molecule has 0 radical (unpaired) electrons. The van der Waals surface area contributed by atoms with Crippen molar-refractivity contribution in [3.63, 3.8) is 0 Å². The Morgan fingerprint density at radius 3 is 2.78 bits per heavy atom. The van der Waals surface area contributed by atoms with E-state index in [1.165, 1.54) is 6.07 Å². The van der Waals surface area contributed by atoms with E-state index in [0.717, 1.165) is 16.2 Å². The van der Waals surface area contributed by atoms with Crippen LogP contribution in [0.3, 0.4) is 0 Å². The van der Waals surface area contributed by atoms with E-state index in [9.17, 15) is 8.78 Å². The van der Waals surface area contributed by atoms with Gasteiger partial charge in [0.1, 0.15) is 0 Å². The zero-order valence-corrected chi connectivity index (χ0v) is 11.2. The molecule has 0 aliphatic carbocycles. The molecule has 1 aromatic carbocycles. The summed E-state index contributed by atoms with van der Waals surface area (Å²) in [4.78, 5) is 3.99. The summed E-state index contributed by atoms with van der Waals surface area (Å²) < 4.78 is 27.5. The van der Waals surface area contributed by atoms with E-state index >= 15 is 0 Å². The molecule has 0 bridgehead atoms. The predicted octanol–water partition coefficient (Wildman–Crippen LogP) is 4.30. The molecule has 2 aromatic rings. The van der Waals surface area contributed by atoms with Crippen LogP contribution in [0.25, 0.3) is 0 Å². The summed E-state index contributed by atoms with van der Waals surface area (Å²) in [7, 11) is 0. The van der Waals surface area contributed by atoms with Gasteiger partial charge in [-0.3, -0.25) is 4.98 Å². The normalized spacial score (nSPS) is 12.2. The molecule has 0 saturated heterocycles. The third-order valence-corrected chi connectivity index (χ3v) is 2.97.